The maximum Gasteiger partial charge on any atom is 0.233 e. The summed E-state index contributed by atoms with van der Waals surface area (Å²) in [5, 5.41) is 6.20. The van der Waals surface area contributed by atoms with E-state index < -0.39 is 17.6 Å². The van der Waals surface area contributed by atoms with Crippen LogP contribution in [0.3, 0.4) is 0 Å². The Morgan fingerprint density at radius 3 is 2.17 bits per heavy atom. The van der Waals surface area contributed by atoms with Crippen molar-refractivity contribution in [3.05, 3.63) is 78.9 Å². The number of nitrogen functional groups attached to an aromatic ring is 1. The molecule has 0 aliphatic carbocycles. The number of nitrogens with two attached hydrogens (primary N) is 1. The summed E-state index contributed by atoms with van der Waals surface area (Å²) in [5.41, 5.74) is 8.59. The summed E-state index contributed by atoms with van der Waals surface area (Å²) in [5.74, 6) is -0.902. The molecule has 4 N–H and O–H groups in total. The molecule has 2 aromatic carbocycles. The molecule has 4 rings (SSSR count). The largest absolute Gasteiger partial charge is 0.384 e. The van der Waals surface area contributed by atoms with Crippen LogP contribution in [0.15, 0.2) is 73.1 Å². The number of carbonyl (C=O) groups is 2. The molecule has 0 atom stereocenters. The number of carbonyl (C=O) groups excluding carboxylic acids is 2. The van der Waals surface area contributed by atoms with Crippen molar-refractivity contribution in [3.63, 3.8) is 0 Å². The number of amides is 2. The van der Waals surface area contributed by atoms with Gasteiger partial charge in [-0.2, -0.15) is 0 Å². The van der Waals surface area contributed by atoms with Gasteiger partial charge in [0.1, 0.15) is 18.1 Å². The van der Waals surface area contributed by atoms with Crippen molar-refractivity contribution in [3.8, 4) is 5.69 Å². The maximum atomic E-state index is 12.9. The van der Waals surface area contributed by atoms with Crippen LogP contribution in [0.5, 0.6) is 0 Å². The fourth-order valence-electron chi connectivity index (χ4n) is 3.06. The third-order valence-corrected chi connectivity index (χ3v) is 4.47. The van der Waals surface area contributed by atoms with Crippen LogP contribution < -0.4 is 16.4 Å². The lowest BCUT2D eigenvalue weighted by atomic mass is 10.2. The van der Waals surface area contributed by atoms with Crippen LogP contribution in [0.2, 0.25) is 0 Å². The Labute approximate surface area is 171 Å². The zero-order chi connectivity index (χ0) is 21.1. The zero-order valence-corrected chi connectivity index (χ0v) is 15.8. The Hall–Kier alpha value is -4.20. The molecule has 0 saturated carbocycles. The van der Waals surface area contributed by atoms with E-state index in [9.17, 15) is 14.0 Å². The predicted molar refractivity (Wildman–Crippen MR) is 114 cm³/mol. The van der Waals surface area contributed by atoms with Crippen LogP contribution in [0.25, 0.3) is 16.6 Å². The molecule has 2 heterocycles. The summed E-state index contributed by atoms with van der Waals surface area (Å²) in [6, 6.07) is 16.3. The number of nitrogens with zero attached hydrogens (tertiary/aromatic N) is 2. The highest BCUT2D eigenvalue weighted by molar-refractivity contribution is 6.08. The standard InChI is InChI=1S/C22H18FN5O2/c23-15-1-3-16(4-2-15)26-21(29)12-22(30)27-17-5-7-18(8-6-17)28-10-9-14-13-25-20(24)11-19(14)28/h1-11,13H,12H2,(H2,24,25)(H,26,29)(H,27,30). The fraction of sp³-hybridized carbons (Fsp3) is 0.0455. The van der Waals surface area contributed by atoms with Gasteiger partial charge in [-0.1, -0.05) is 0 Å². The topological polar surface area (TPSA) is 102 Å². The molecule has 4 aromatic rings. The van der Waals surface area contributed by atoms with Crippen LogP contribution in [0.4, 0.5) is 21.6 Å². The molecular weight excluding hydrogens is 385 g/mol. The normalized spacial score (nSPS) is 10.7. The molecule has 0 fully saturated rings. The number of hydrogen-bond donors (Lipinski definition) is 3. The molecule has 0 aliphatic heterocycles. The van der Waals surface area contributed by atoms with E-state index in [1.54, 1.807) is 24.4 Å². The van der Waals surface area contributed by atoms with Gasteiger partial charge in [0.25, 0.3) is 0 Å². The summed E-state index contributed by atoms with van der Waals surface area (Å²) in [4.78, 5) is 28.2. The number of halogens is 1. The van der Waals surface area contributed by atoms with Crippen molar-refractivity contribution in [2.75, 3.05) is 16.4 Å². The monoisotopic (exact) mass is 403 g/mol. The Balaban J connectivity index is 1.39. The lowest BCUT2D eigenvalue weighted by Gasteiger charge is -2.09. The molecule has 2 amide bonds. The second-order valence-electron chi connectivity index (χ2n) is 6.68. The molecule has 0 spiro atoms. The average molecular weight is 403 g/mol. The number of pyridine rings is 1. The second kappa shape index (κ2) is 8.04. The van der Waals surface area contributed by atoms with Crippen molar-refractivity contribution < 1.29 is 14.0 Å². The minimum absolute atomic E-state index is 0.354. The molecule has 2 aromatic heterocycles. The van der Waals surface area contributed by atoms with Gasteiger partial charge in [0, 0.05) is 40.9 Å². The second-order valence-corrected chi connectivity index (χ2v) is 6.68. The number of nitrogens with one attached hydrogen (secondary N) is 2. The van der Waals surface area contributed by atoms with Gasteiger partial charge in [0.05, 0.1) is 5.52 Å². The summed E-state index contributed by atoms with van der Waals surface area (Å²) < 4.78 is 14.9. The first-order chi connectivity index (χ1) is 14.5. The summed E-state index contributed by atoms with van der Waals surface area (Å²) in [6.45, 7) is 0. The molecule has 0 unspecified atom stereocenters. The number of anilines is 3. The lowest BCUT2D eigenvalue weighted by Crippen LogP contribution is -2.21. The minimum atomic E-state index is -0.485. The van der Waals surface area contributed by atoms with Crippen molar-refractivity contribution in [1.82, 2.24) is 9.55 Å². The van der Waals surface area contributed by atoms with Crippen molar-refractivity contribution in [1.29, 1.82) is 0 Å². The van der Waals surface area contributed by atoms with E-state index >= 15 is 0 Å². The van der Waals surface area contributed by atoms with E-state index in [0.717, 1.165) is 16.6 Å². The highest BCUT2D eigenvalue weighted by Gasteiger charge is 2.11. The van der Waals surface area contributed by atoms with Gasteiger partial charge in [-0.05, 0) is 54.6 Å². The zero-order valence-electron chi connectivity index (χ0n) is 15.8. The number of benzene rings is 2. The molecular formula is C22H18FN5O2. The van der Waals surface area contributed by atoms with Gasteiger partial charge >= 0.3 is 0 Å². The number of rotatable bonds is 5. The molecule has 30 heavy (non-hydrogen) atoms. The molecule has 0 bridgehead atoms. The summed E-state index contributed by atoms with van der Waals surface area (Å²) in [7, 11) is 0. The molecule has 7 nitrogen and oxygen atoms in total. The Morgan fingerprint density at radius 2 is 1.53 bits per heavy atom. The van der Waals surface area contributed by atoms with Crippen LogP contribution >= 0.6 is 0 Å². The SMILES string of the molecule is Nc1cc2c(ccn2-c2ccc(NC(=O)CC(=O)Nc3ccc(F)cc3)cc2)cn1. The van der Waals surface area contributed by atoms with Crippen LogP contribution in [0.1, 0.15) is 6.42 Å². The Morgan fingerprint density at radius 1 is 0.933 bits per heavy atom. The first-order valence-corrected chi connectivity index (χ1v) is 9.16. The van der Waals surface area contributed by atoms with Gasteiger partial charge in [0.2, 0.25) is 11.8 Å². The molecule has 150 valence electrons. The van der Waals surface area contributed by atoms with E-state index in [0.29, 0.717) is 17.2 Å². The van der Waals surface area contributed by atoms with Crippen molar-refractivity contribution >= 4 is 39.9 Å². The predicted octanol–water partition coefficient (Wildman–Crippen LogP) is 3.71. The molecule has 8 heteroatoms. The van der Waals surface area contributed by atoms with E-state index in [4.69, 9.17) is 5.73 Å². The Kier molecular flexibility index (Phi) is 5.13. The fourth-order valence-corrected chi connectivity index (χ4v) is 3.06. The third-order valence-electron chi connectivity index (χ3n) is 4.47. The molecule has 0 aliphatic rings. The van der Waals surface area contributed by atoms with E-state index in [1.807, 2.05) is 29.0 Å². The highest BCUT2D eigenvalue weighted by atomic mass is 19.1. The Bertz CT molecular complexity index is 1220. The van der Waals surface area contributed by atoms with Gasteiger partial charge in [0.15, 0.2) is 0 Å². The average Bonchev–Trinajstić information content (AvgIpc) is 3.13. The molecule has 0 saturated heterocycles. The smallest absolute Gasteiger partial charge is 0.233 e. The highest BCUT2D eigenvalue weighted by Crippen LogP contribution is 2.22. The maximum absolute atomic E-state index is 12.9. The van der Waals surface area contributed by atoms with Crippen LogP contribution in [-0.2, 0) is 9.59 Å². The lowest BCUT2D eigenvalue weighted by molar-refractivity contribution is -0.123. The number of fused-ring (bicyclic) bond motifs is 1. The van der Waals surface area contributed by atoms with Gasteiger partial charge in [-0.15, -0.1) is 0 Å². The number of hydrogen-bond acceptors (Lipinski definition) is 4. The summed E-state index contributed by atoms with van der Waals surface area (Å²) in [6.07, 6.45) is 3.28. The quantitative estimate of drug-likeness (QED) is 0.442. The van der Waals surface area contributed by atoms with E-state index in [2.05, 4.69) is 15.6 Å². The van der Waals surface area contributed by atoms with E-state index in [1.165, 1.54) is 24.3 Å². The van der Waals surface area contributed by atoms with Crippen LogP contribution in [0, 0.1) is 5.82 Å². The third kappa shape index (κ3) is 4.27. The number of aromatic nitrogens is 2. The van der Waals surface area contributed by atoms with Crippen LogP contribution in [-0.4, -0.2) is 21.4 Å². The van der Waals surface area contributed by atoms with E-state index in [-0.39, 0.29) is 6.42 Å². The van der Waals surface area contributed by atoms with Crippen molar-refractivity contribution in [2.24, 2.45) is 0 Å². The van der Waals surface area contributed by atoms with Gasteiger partial charge < -0.3 is 20.9 Å². The first-order valence-electron chi connectivity index (χ1n) is 9.16. The van der Waals surface area contributed by atoms with Gasteiger partial charge in [-0.25, -0.2) is 9.37 Å². The van der Waals surface area contributed by atoms with Crippen molar-refractivity contribution in [2.45, 2.75) is 6.42 Å². The first kappa shape index (κ1) is 19.1. The van der Waals surface area contributed by atoms with Gasteiger partial charge in [-0.3, -0.25) is 9.59 Å². The minimum Gasteiger partial charge on any atom is -0.384 e. The molecule has 0 radical (unpaired) electrons. The summed E-state index contributed by atoms with van der Waals surface area (Å²) >= 11 is 0.